The molecule has 9 nitrogen and oxygen atoms in total. The summed E-state index contributed by atoms with van der Waals surface area (Å²) in [5.74, 6) is 0.0200. The molecule has 0 bridgehead atoms. The van der Waals surface area contributed by atoms with Crippen LogP contribution in [0.2, 0.25) is 0 Å². The largest absolute Gasteiger partial charge is 0.462 e. The zero-order chi connectivity index (χ0) is 24.2. The van der Waals surface area contributed by atoms with Crippen molar-refractivity contribution < 1.29 is 23.7 Å². The highest BCUT2D eigenvalue weighted by molar-refractivity contribution is 9.10. The standard InChI is InChI=1S/C24H22BrN3O6/c1-2-33-24(30)17-5-8-19(20(15-17)28(31)32)26-11-13-27(14-12-26)23(29)22-10-9-21(34-22)16-3-6-18(25)7-4-16/h3-10,15H,2,11-14H2,1H3. The molecule has 4 rings (SSSR count). The number of anilines is 1. The summed E-state index contributed by atoms with van der Waals surface area (Å²) in [5.41, 5.74) is 1.23. The van der Waals surface area contributed by atoms with Gasteiger partial charge in [-0.2, -0.15) is 0 Å². The SMILES string of the molecule is CCOC(=O)c1ccc(N2CCN(C(=O)c3ccc(-c4ccc(Br)cc4)o3)CC2)c([N+](=O)[O-])c1. The summed E-state index contributed by atoms with van der Waals surface area (Å²) in [6, 6.07) is 15.3. The van der Waals surface area contributed by atoms with E-state index in [2.05, 4.69) is 15.9 Å². The molecule has 0 spiro atoms. The summed E-state index contributed by atoms with van der Waals surface area (Å²) >= 11 is 3.40. The molecule has 1 saturated heterocycles. The highest BCUT2D eigenvalue weighted by atomic mass is 79.9. The van der Waals surface area contributed by atoms with Crippen molar-refractivity contribution in [1.82, 2.24) is 4.90 Å². The number of nitro groups is 1. The molecule has 1 fully saturated rings. The van der Waals surface area contributed by atoms with Crippen LogP contribution in [-0.2, 0) is 4.74 Å². The van der Waals surface area contributed by atoms with Crippen LogP contribution in [0.3, 0.4) is 0 Å². The second-order valence-electron chi connectivity index (χ2n) is 7.63. The predicted molar refractivity (Wildman–Crippen MR) is 129 cm³/mol. The Kier molecular flexibility index (Phi) is 6.97. The average molecular weight is 528 g/mol. The van der Waals surface area contributed by atoms with E-state index >= 15 is 0 Å². The van der Waals surface area contributed by atoms with Crippen molar-refractivity contribution in [2.24, 2.45) is 0 Å². The maximum absolute atomic E-state index is 12.9. The van der Waals surface area contributed by atoms with E-state index in [0.717, 1.165) is 10.0 Å². The lowest BCUT2D eigenvalue weighted by Crippen LogP contribution is -2.48. The fraction of sp³-hybridized carbons (Fsp3) is 0.250. The minimum Gasteiger partial charge on any atom is -0.462 e. The Bertz CT molecular complexity index is 1220. The maximum Gasteiger partial charge on any atom is 0.338 e. The minimum absolute atomic E-state index is 0.130. The van der Waals surface area contributed by atoms with Gasteiger partial charge < -0.3 is 19.0 Å². The number of amides is 1. The molecule has 0 radical (unpaired) electrons. The van der Waals surface area contributed by atoms with Gasteiger partial charge in [0.2, 0.25) is 0 Å². The number of rotatable bonds is 6. The summed E-state index contributed by atoms with van der Waals surface area (Å²) in [6.07, 6.45) is 0. The van der Waals surface area contributed by atoms with Gasteiger partial charge in [-0.05, 0) is 43.3 Å². The summed E-state index contributed by atoms with van der Waals surface area (Å²) in [4.78, 5) is 39.5. The van der Waals surface area contributed by atoms with Crippen LogP contribution in [-0.4, -0.2) is 54.5 Å². The molecule has 3 aromatic rings. The van der Waals surface area contributed by atoms with Gasteiger partial charge in [0.1, 0.15) is 11.4 Å². The molecular formula is C24H22BrN3O6. The number of carbonyl (C=O) groups is 2. The van der Waals surface area contributed by atoms with Gasteiger partial charge in [-0.1, -0.05) is 28.1 Å². The van der Waals surface area contributed by atoms with Crippen LogP contribution in [0.15, 0.2) is 63.5 Å². The Balaban J connectivity index is 1.44. The van der Waals surface area contributed by atoms with E-state index in [1.807, 2.05) is 29.2 Å². The lowest BCUT2D eigenvalue weighted by Gasteiger charge is -2.35. The number of nitro benzene ring substituents is 1. The normalized spacial score (nSPS) is 13.6. The van der Waals surface area contributed by atoms with Gasteiger partial charge in [0.05, 0.1) is 17.1 Å². The van der Waals surface area contributed by atoms with Crippen molar-refractivity contribution in [2.75, 3.05) is 37.7 Å². The van der Waals surface area contributed by atoms with Gasteiger partial charge in [0, 0.05) is 42.3 Å². The van der Waals surface area contributed by atoms with Crippen LogP contribution in [0, 0.1) is 10.1 Å². The van der Waals surface area contributed by atoms with E-state index in [1.165, 1.54) is 12.1 Å². The Morgan fingerprint density at radius 2 is 1.76 bits per heavy atom. The van der Waals surface area contributed by atoms with Gasteiger partial charge in [-0.15, -0.1) is 0 Å². The Hall–Kier alpha value is -3.66. The second-order valence-corrected chi connectivity index (χ2v) is 8.55. The van der Waals surface area contributed by atoms with E-state index in [0.29, 0.717) is 37.6 Å². The van der Waals surface area contributed by atoms with E-state index < -0.39 is 10.9 Å². The average Bonchev–Trinajstić information content (AvgIpc) is 3.34. The number of benzene rings is 2. The van der Waals surface area contributed by atoms with Crippen LogP contribution in [0.4, 0.5) is 11.4 Å². The van der Waals surface area contributed by atoms with Crippen LogP contribution in [0.5, 0.6) is 0 Å². The second kappa shape index (κ2) is 10.1. The molecule has 2 aromatic carbocycles. The summed E-state index contributed by atoms with van der Waals surface area (Å²) in [7, 11) is 0. The molecule has 1 aliphatic rings. The highest BCUT2D eigenvalue weighted by Gasteiger charge is 2.28. The first-order valence-corrected chi connectivity index (χ1v) is 11.5. The molecule has 2 heterocycles. The molecule has 1 aromatic heterocycles. The van der Waals surface area contributed by atoms with Crippen molar-refractivity contribution in [2.45, 2.75) is 6.92 Å². The third-order valence-electron chi connectivity index (χ3n) is 5.54. The Labute approximate surface area is 204 Å². The first-order valence-electron chi connectivity index (χ1n) is 10.7. The maximum atomic E-state index is 12.9. The number of nitrogens with zero attached hydrogens (tertiary/aromatic N) is 3. The lowest BCUT2D eigenvalue weighted by molar-refractivity contribution is -0.384. The van der Waals surface area contributed by atoms with Crippen LogP contribution >= 0.6 is 15.9 Å². The molecule has 0 saturated carbocycles. The van der Waals surface area contributed by atoms with Crippen LogP contribution < -0.4 is 4.90 Å². The van der Waals surface area contributed by atoms with Crippen LogP contribution in [0.25, 0.3) is 11.3 Å². The molecule has 0 unspecified atom stereocenters. The molecule has 34 heavy (non-hydrogen) atoms. The van der Waals surface area contributed by atoms with Crippen molar-refractivity contribution in [3.63, 3.8) is 0 Å². The third-order valence-corrected chi connectivity index (χ3v) is 6.07. The number of carbonyl (C=O) groups excluding carboxylic acids is 2. The number of halogens is 1. The summed E-state index contributed by atoms with van der Waals surface area (Å²) in [6.45, 7) is 3.43. The van der Waals surface area contributed by atoms with Crippen molar-refractivity contribution in [3.05, 3.63) is 80.5 Å². The molecule has 0 N–H and O–H groups in total. The molecule has 0 atom stereocenters. The number of esters is 1. The fourth-order valence-electron chi connectivity index (χ4n) is 3.81. The zero-order valence-corrected chi connectivity index (χ0v) is 20.0. The number of hydrogen-bond donors (Lipinski definition) is 0. The van der Waals surface area contributed by atoms with E-state index in [1.54, 1.807) is 30.0 Å². The summed E-state index contributed by atoms with van der Waals surface area (Å²) < 4.78 is 11.7. The molecule has 10 heteroatoms. The minimum atomic E-state index is -0.603. The Morgan fingerprint density at radius 1 is 1.06 bits per heavy atom. The fourth-order valence-corrected chi connectivity index (χ4v) is 4.07. The van der Waals surface area contributed by atoms with Gasteiger partial charge >= 0.3 is 5.97 Å². The van der Waals surface area contributed by atoms with Crippen molar-refractivity contribution >= 4 is 39.2 Å². The number of furan rings is 1. The molecular weight excluding hydrogens is 506 g/mol. The van der Waals surface area contributed by atoms with Gasteiger partial charge in [-0.25, -0.2) is 4.79 Å². The van der Waals surface area contributed by atoms with Crippen molar-refractivity contribution in [1.29, 1.82) is 0 Å². The van der Waals surface area contributed by atoms with Gasteiger partial charge in [0.15, 0.2) is 5.76 Å². The number of ether oxygens (including phenoxy) is 1. The lowest BCUT2D eigenvalue weighted by atomic mass is 10.1. The van der Waals surface area contributed by atoms with Crippen LogP contribution in [0.1, 0.15) is 27.8 Å². The van der Waals surface area contributed by atoms with E-state index in [9.17, 15) is 19.7 Å². The highest BCUT2D eigenvalue weighted by Crippen LogP contribution is 2.31. The molecule has 0 aliphatic carbocycles. The molecule has 1 amide bonds. The van der Waals surface area contributed by atoms with Gasteiger partial charge in [0.25, 0.3) is 11.6 Å². The number of hydrogen-bond acceptors (Lipinski definition) is 7. The zero-order valence-electron chi connectivity index (χ0n) is 18.4. The van der Waals surface area contributed by atoms with E-state index in [-0.39, 0.29) is 29.5 Å². The third kappa shape index (κ3) is 4.96. The number of piperazine rings is 1. The quantitative estimate of drug-likeness (QED) is 0.258. The van der Waals surface area contributed by atoms with Gasteiger partial charge in [-0.3, -0.25) is 14.9 Å². The Morgan fingerprint density at radius 3 is 2.41 bits per heavy atom. The first kappa shape index (κ1) is 23.5. The monoisotopic (exact) mass is 527 g/mol. The molecule has 1 aliphatic heterocycles. The molecule has 176 valence electrons. The topological polar surface area (TPSA) is 106 Å². The van der Waals surface area contributed by atoms with E-state index in [4.69, 9.17) is 9.15 Å². The first-order chi connectivity index (χ1) is 16.4. The van der Waals surface area contributed by atoms with Crippen molar-refractivity contribution in [3.8, 4) is 11.3 Å². The summed E-state index contributed by atoms with van der Waals surface area (Å²) in [5, 5.41) is 11.6. The smallest absolute Gasteiger partial charge is 0.338 e. The predicted octanol–water partition coefficient (Wildman–Crippen LogP) is 4.76.